The van der Waals surface area contributed by atoms with Crippen LogP contribution in [0.5, 0.6) is 0 Å². The Morgan fingerprint density at radius 1 is 1.23 bits per heavy atom. The molecular formula is C13H10Cl2N2O4S. The van der Waals surface area contributed by atoms with Gasteiger partial charge in [0.1, 0.15) is 4.88 Å². The monoisotopic (exact) mass is 360 g/mol. The predicted molar refractivity (Wildman–Crippen MR) is 84.1 cm³/mol. The van der Waals surface area contributed by atoms with E-state index in [1.807, 2.05) is 0 Å². The van der Waals surface area contributed by atoms with Crippen molar-refractivity contribution in [2.24, 2.45) is 0 Å². The van der Waals surface area contributed by atoms with Gasteiger partial charge in [-0.05, 0) is 12.1 Å². The van der Waals surface area contributed by atoms with E-state index in [0.717, 1.165) is 16.0 Å². The van der Waals surface area contributed by atoms with Crippen molar-refractivity contribution in [2.75, 3.05) is 6.61 Å². The lowest BCUT2D eigenvalue weighted by Crippen LogP contribution is -2.42. The lowest BCUT2D eigenvalue weighted by atomic mass is 10.2. The van der Waals surface area contributed by atoms with Crippen LogP contribution in [0.15, 0.2) is 18.2 Å². The van der Waals surface area contributed by atoms with Gasteiger partial charge in [0.05, 0.1) is 5.02 Å². The molecule has 9 heteroatoms. The maximum atomic E-state index is 12.0. The Bertz CT molecular complexity index is 760. The molecule has 0 fully saturated rings. The topological polar surface area (TPSA) is 84.5 Å². The molecule has 0 bridgehead atoms. The normalized spacial score (nSPS) is 10.3. The standard InChI is InChI=1S/C13H10Cl2N2O4S/c1-6(18)16-17-10(19)5-21-13(20)12-11(15)8-3-2-7(14)4-9(8)22-12/h2-4H,5H2,1H3,(H,16,18)(H,17,19). The molecule has 0 unspecified atom stereocenters. The third kappa shape index (κ3) is 3.88. The van der Waals surface area contributed by atoms with Crippen molar-refractivity contribution in [3.05, 3.63) is 33.1 Å². The molecule has 2 amide bonds. The number of carbonyl (C=O) groups is 3. The van der Waals surface area contributed by atoms with Gasteiger partial charge < -0.3 is 4.74 Å². The maximum Gasteiger partial charge on any atom is 0.350 e. The number of hydrogen-bond acceptors (Lipinski definition) is 5. The summed E-state index contributed by atoms with van der Waals surface area (Å²) in [5.74, 6) is -1.83. The molecule has 1 aromatic heterocycles. The molecule has 6 nitrogen and oxygen atoms in total. The van der Waals surface area contributed by atoms with E-state index in [0.29, 0.717) is 10.4 Å². The Kier molecular flexibility index (Phi) is 5.23. The third-order valence-corrected chi connectivity index (χ3v) is 4.36. The van der Waals surface area contributed by atoms with Crippen LogP contribution in [0, 0.1) is 0 Å². The number of fused-ring (bicyclic) bond motifs is 1. The van der Waals surface area contributed by atoms with Crippen molar-refractivity contribution in [1.29, 1.82) is 0 Å². The van der Waals surface area contributed by atoms with Gasteiger partial charge in [-0.15, -0.1) is 11.3 Å². The molecule has 2 N–H and O–H groups in total. The van der Waals surface area contributed by atoms with E-state index in [2.05, 4.69) is 10.9 Å². The second kappa shape index (κ2) is 6.95. The van der Waals surface area contributed by atoms with Gasteiger partial charge in [0.15, 0.2) is 6.61 Å². The number of ether oxygens (including phenoxy) is 1. The van der Waals surface area contributed by atoms with Crippen LogP contribution in [0.1, 0.15) is 16.6 Å². The minimum Gasteiger partial charge on any atom is -0.451 e. The number of amides is 2. The summed E-state index contributed by atoms with van der Waals surface area (Å²) < 4.78 is 5.60. The molecule has 0 aliphatic rings. The number of benzene rings is 1. The van der Waals surface area contributed by atoms with Gasteiger partial charge in [-0.3, -0.25) is 20.4 Å². The Hall–Kier alpha value is -1.83. The van der Waals surface area contributed by atoms with Gasteiger partial charge in [-0.2, -0.15) is 0 Å². The lowest BCUT2D eigenvalue weighted by Gasteiger charge is -2.05. The molecule has 0 radical (unpaired) electrons. The highest BCUT2D eigenvalue weighted by Crippen LogP contribution is 2.37. The zero-order valence-electron chi connectivity index (χ0n) is 11.2. The molecule has 0 saturated carbocycles. The van der Waals surface area contributed by atoms with Crippen LogP contribution in [0.4, 0.5) is 0 Å². The summed E-state index contributed by atoms with van der Waals surface area (Å²) in [6, 6.07) is 5.06. The van der Waals surface area contributed by atoms with E-state index in [9.17, 15) is 14.4 Å². The van der Waals surface area contributed by atoms with E-state index in [-0.39, 0.29) is 9.90 Å². The number of thiophene rings is 1. The van der Waals surface area contributed by atoms with Crippen LogP contribution < -0.4 is 10.9 Å². The van der Waals surface area contributed by atoms with E-state index >= 15 is 0 Å². The summed E-state index contributed by atoms with van der Waals surface area (Å²) >= 11 is 13.1. The molecule has 116 valence electrons. The largest absolute Gasteiger partial charge is 0.451 e. The average Bonchev–Trinajstić information content (AvgIpc) is 2.79. The molecule has 0 atom stereocenters. The summed E-state index contributed by atoms with van der Waals surface area (Å²) in [4.78, 5) is 34.1. The van der Waals surface area contributed by atoms with Gasteiger partial charge >= 0.3 is 5.97 Å². The van der Waals surface area contributed by atoms with Crippen LogP contribution in [0.2, 0.25) is 10.0 Å². The van der Waals surface area contributed by atoms with Crippen LogP contribution >= 0.6 is 34.5 Å². The second-order valence-electron chi connectivity index (χ2n) is 4.19. The van der Waals surface area contributed by atoms with Crippen LogP contribution in [-0.2, 0) is 14.3 Å². The highest BCUT2D eigenvalue weighted by molar-refractivity contribution is 7.21. The first-order chi connectivity index (χ1) is 10.4. The number of esters is 1. The SMILES string of the molecule is CC(=O)NNC(=O)COC(=O)c1sc2cc(Cl)ccc2c1Cl. The lowest BCUT2D eigenvalue weighted by molar-refractivity contribution is -0.129. The Morgan fingerprint density at radius 3 is 2.64 bits per heavy atom. The summed E-state index contributed by atoms with van der Waals surface area (Å²) in [5, 5.41) is 1.47. The van der Waals surface area contributed by atoms with Crippen LogP contribution in [-0.4, -0.2) is 24.4 Å². The quantitative estimate of drug-likeness (QED) is 0.650. The van der Waals surface area contributed by atoms with Crippen LogP contribution in [0.3, 0.4) is 0 Å². The molecule has 2 aromatic rings. The van der Waals surface area contributed by atoms with E-state index < -0.39 is 24.4 Å². The number of hydrogen-bond donors (Lipinski definition) is 2. The zero-order chi connectivity index (χ0) is 16.3. The van der Waals surface area contributed by atoms with Gasteiger partial charge in [-0.1, -0.05) is 29.3 Å². The van der Waals surface area contributed by atoms with Gasteiger partial charge in [0.2, 0.25) is 5.91 Å². The molecule has 1 aromatic carbocycles. The molecule has 0 aliphatic heterocycles. The average molecular weight is 361 g/mol. The van der Waals surface area contributed by atoms with E-state index in [4.69, 9.17) is 27.9 Å². The van der Waals surface area contributed by atoms with Crippen LogP contribution in [0.25, 0.3) is 10.1 Å². The fourth-order valence-electron chi connectivity index (χ4n) is 1.56. The molecule has 22 heavy (non-hydrogen) atoms. The van der Waals surface area contributed by atoms with Gasteiger partial charge in [0.25, 0.3) is 5.91 Å². The minimum absolute atomic E-state index is 0.186. The second-order valence-corrected chi connectivity index (χ2v) is 6.06. The molecule has 1 heterocycles. The van der Waals surface area contributed by atoms with Crippen molar-refractivity contribution in [3.8, 4) is 0 Å². The van der Waals surface area contributed by atoms with E-state index in [1.165, 1.54) is 6.92 Å². The first-order valence-corrected chi connectivity index (χ1v) is 7.56. The predicted octanol–water partition coefficient (Wildman–Crippen LogP) is 2.53. The van der Waals surface area contributed by atoms with Gasteiger partial charge in [0, 0.05) is 22.0 Å². The summed E-state index contributed by atoms with van der Waals surface area (Å²) in [6.07, 6.45) is 0. The fraction of sp³-hybridized carbons (Fsp3) is 0.154. The molecule has 2 rings (SSSR count). The smallest absolute Gasteiger partial charge is 0.350 e. The highest BCUT2D eigenvalue weighted by atomic mass is 35.5. The number of hydrazine groups is 1. The molecule has 0 aliphatic carbocycles. The van der Waals surface area contributed by atoms with Gasteiger partial charge in [-0.25, -0.2) is 4.79 Å². The Balaban J connectivity index is 2.05. The zero-order valence-corrected chi connectivity index (χ0v) is 13.6. The van der Waals surface area contributed by atoms with Crippen molar-refractivity contribution in [1.82, 2.24) is 10.9 Å². The Morgan fingerprint density at radius 2 is 1.95 bits per heavy atom. The summed E-state index contributed by atoms with van der Waals surface area (Å²) in [5.41, 5.74) is 4.15. The molecule has 0 spiro atoms. The molecule has 0 saturated heterocycles. The van der Waals surface area contributed by atoms with E-state index in [1.54, 1.807) is 18.2 Å². The maximum absolute atomic E-state index is 12.0. The number of carbonyl (C=O) groups excluding carboxylic acids is 3. The number of rotatable bonds is 3. The first-order valence-electron chi connectivity index (χ1n) is 5.98. The fourth-order valence-corrected chi connectivity index (χ4v) is 3.24. The Labute approximate surface area is 139 Å². The number of halogens is 2. The third-order valence-electron chi connectivity index (χ3n) is 2.49. The van der Waals surface area contributed by atoms with Crippen molar-refractivity contribution in [2.45, 2.75) is 6.92 Å². The summed E-state index contributed by atoms with van der Waals surface area (Å²) in [6.45, 7) is 0.693. The van der Waals surface area contributed by atoms with Crippen molar-refractivity contribution < 1.29 is 19.1 Å². The minimum atomic E-state index is -0.722. The summed E-state index contributed by atoms with van der Waals surface area (Å²) in [7, 11) is 0. The molecular weight excluding hydrogens is 351 g/mol. The number of nitrogens with one attached hydrogen (secondary N) is 2. The first kappa shape index (κ1) is 16.5. The van der Waals surface area contributed by atoms with Crippen molar-refractivity contribution >= 4 is 62.4 Å². The highest BCUT2D eigenvalue weighted by Gasteiger charge is 2.19. The van der Waals surface area contributed by atoms with Crippen molar-refractivity contribution in [3.63, 3.8) is 0 Å².